The number of aromatic nitrogens is 1. The first kappa shape index (κ1) is 11.0. The van der Waals surface area contributed by atoms with Crippen molar-refractivity contribution in [2.24, 2.45) is 0 Å². The van der Waals surface area contributed by atoms with Crippen molar-refractivity contribution in [1.29, 1.82) is 0 Å². The lowest BCUT2D eigenvalue weighted by atomic mass is 10.7. The summed E-state index contributed by atoms with van der Waals surface area (Å²) in [5, 5.41) is 0. The minimum absolute atomic E-state index is 1.12. The summed E-state index contributed by atoms with van der Waals surface area (Å²) in [5.74, 6) is 1.12. The summed E-state index contributed by atoms with van der Waals surface area (Å²) in [6.45, 7) is 8.22. The van der Waals surface area contributed by atoms with Gasteiger partial charge < -0.3 is 0 Å². The van der Waals surface area contributed by atoms with Gasteiger partial charge in [-0.15, -0.1) is 11.3 Å². The summed E-state index contributed by atoms with van der Waals surface area (Å²) in [7, 11) is 0. The molecule has 0 atom stereocenters. The van der Waals surface area contributed by atoms with Crippen molar-refractivity contribution >= 4 is 23.1 Å². The first-order chi connectivity index (χ1) is 5.33. The average Bonchev–Trinajstić information content (AvgIpc) is 2.41. The van der Waals surface area contributed by atoms with E-state index >= 15 is 0 Å². The molecule has 0 spiro atoms. The molecule has 0 bridgehead atoms. The Hall–Kier alpha value is -0.0200. The molecular weight excluding hydrogens is 174 g/mol. The van der Waals surface area contributed by atoms with E-state index in [9.17, 15) is 0 Å². The van der Waals surface area contributed by atoms with Crippen molar-refractivity contribution in [2.45, 2.75) is 32.0 Å². The Morgan fingerprint density at radius 2 is 2.18 bits per heavy atom. The summed E-state index contributed by atoms with van der Waals surface area (Å²) in [6, 6.07) is 0. The Bertz CT molecular complexity index is 184. The first-order valence-electron chi connectivity index (χ1n) is 3.88. The van der Waals surface area contributed by atoms with Gasteiger partial charge in [-0.25, -0.2) is 4.98 Å². The maximum absolute atomic E-state index is 4.19. The number of nitrogens with zero attached hydrogens (tertiary/aromatic N) is 1. The molecule has 1 nitrogen and oxygen atoms in total. The molecule has 0 fully saturated rings. The van der Waals surface area contributed by atoms with Crippen molar-refractivity contribution in [3.63, 3.8) is 0 Å². The summed E-state index contributed by atoms with van der Waals surface area (Å²) in [6.07, 6.45) is 1.92. The van der Waals surface area contributed by atoms with Gasteiger partial charge in [0.2, 0.25) is 0 Å². The van der Waals surface area contributed by atoms with Crippen LogP contribution in [0, 0.1) is 6.92 Å². The molecule has 0 amide bonds. The van der Waals surface area contributed by atoms with Crippen LogP contribution in [-0.2, 0) is 0 Å². The molecule has 0 saturated heterocycles. The SMILES string of the molecule is CC.CCSc1ncc(C)s1. The van der Waals surface area contributed by atoms with Crippen LogP contribution < -0.4 is 0 Å². The Morgan fingerprint density at radius 3 is 2.55 bits per heavy atom. The van der Waals surface area contributed by atoms with Gasteiger partial charge in [0.15, 0.2) is 0 Å². The predicted octanol–water partition coefficient (Wildman–Crippen LogP) is 3.59. The standard InChI is InChI=1S/C6H9NS2.C2H6/c1-3-8-6-7-4-5(2)9-6;1-2/h4H,3H2,1-2H3;1-2H3. The van der Waals surface area contributed by atoms with Gasteiger partial charge >= 0.3 is 0 Å². The van der Waals surface area contributed by atoms with Crippen LogP contribution in [-0.4, -0.2) is 10.7 Å². The van der Waals surface area contributed by atoms with Crippen LogP contribution in [0.1, 0.15) is 25.6 Å². The number of hydrogen-bond acceptors (Lipinski definition) is 3. The van der Waals surface area contributed by atoms with E-state index in [-0.39, 0.29) is 0 Å². The quantitative estimate of drug-likeness (QED) is 0.659. The zero-order chi connectivity index (χ0) is 8.69. The lowest BCUT2D eigenvalue weighted by Crippen LogP contribution is -1.65. The van der Waals surface area contributed by atoms with Crippen LogP contribution in [0.15, 0.2) is 10.5 Å². The molecule has 0 N–H and O–H groups in total. The highest BCUT2D eigenvalue weighted by Crippen LogP contribution is 2.22. The van der Waals surface area contributed by atoms with E-state index in [1.165, 1.54) is 9.22 Å². The molecule has 0 saturated carbocycles. The van der Waals surface area contributed by atoms with E-state index < -0.39 is 0 Å². The molecule has 3 heteroatoms. The molecule has 1 aromatic heterocycles. The van der Waals surface area contributed by atoms with E-state index in [1.807, 2.05) is 20.0 Å². The maximum Gasteiger partial charge on any atom is 0.150 e. The molecule has 64 valence electrons. The third-order valence-electron chi connectivity index (χ3n) is 0.868. The smallest absolute Gasteiger partial charge is 0.150 e. The lowest BCUT2D eigenvalue weighted by molar-refractivity contribution is 1.24. The van der Waals surface area contributed by atoms with E-state index in [0.29, 0.717) is 0 Å². The van der Waals surface area contributed by atoms with Crippen LogP contribution >= 0.6 is 23.1 Å². The molecule has 0 radical (unpaired) electrons. The maximum atomic E-state index is 4.19. The van der Waals surface area contributed by atoms with Gasteiger partial charge in [-0.05, 0) is 12.7 Å². The summed E-state index contributed by atoms with van der Waals surface area (Å²) >= 11 is 3.57. The van der Waals surface area contributed by atoms with E-state index in [4.69, 9.17) is 0 Å². The van der Waals surface area contributed by atoms with E-state index in [2.05, 4.69) is 18.8 Å². The van der Waals surface area contributed by atoms with Crippen LogP contribution in [0.25, 0.3) is 0 Å². The highest BCUT2D eigenvalue weighted by molar-refractivity contribution is 8.00. The fourth-order valence-corrected chi connectivity index (χ4v) is 2.37. The zero-order valence-corrected chi connectivity index (χ0v) is 9.18. The molecule has 0 aliphatic carbocycles. The number of aryl methyl sites for hydroxylation is 1. The lowest BCUT2D eigenvalue weighted by Gasteiger charge is -1.84. The van der Waals surface area contributed by atoms with Crippen LogP contribution in [0.3, 0.4) is 0 Å². The summed E-state index contributed by atoms with van der Waals surface area (Å²) in [4.78, 5) is 5.48. The normalized spacial score (nSPS) is 8.73. The number of hydrogen-bond donors (Lipinski definition) is 0. The second-order valence-electron chi connectivity index (χ2n) is 1.67. The van der Waals surface area contributed by atoms with Crippen LogP contribution in [0.2, 0.25) is 0 Å². The van der Waals surface area contributed by atoms with Crippen molar-refractivity contribution in [3.05, 3.63) is 11.1 Å². The predicted molar refractivity (Wildman–Crippen MR) is 54.6 cm³/mol. The first-order valence-corrected chi connectivity index (χ1v) is 5.68. The minimum Gasteiger partial charge on any atom is -0.238 e. The van der Waals surface area contributed by atoms with Crippen molar-refractivity contribution in [3.8, 4) is 0 Å². The topological polar surface area (TPSA) is 12.9 Å². The molecule has 0 unspecified atom stereocenters. The van der Waals surface area contributed by atoms with E-state index in [1.54, 1.807) is 23.1 Å². The Labute approximate surface area is 77.2 Å². The second-order valence-corrected chi connectivity index (χ2v) is 4.42. The van der Waals surface area contributed by atoms with Gasteiger partial charge in [-0.2, -0.15) is 0 Å². The number of rotatable bonds is 2. The van der Waals surface area contributed by atoms with Gasteiger partial charge in [-0.3, -0.25) is 0 Å². The van der Waals surface area contributed by atoms with Gasteiger partial charge in [0.25, 0.3) is 0 Å². The molecule has 0 aromatic carbocycles. The molecular formula is C8H15NS2. The molecule has 0 aliphatic heterocycles. The Kier molecular flexibility index (Phi) is 6.66. The summed E-state index contributed by atoms with van der Waals surface area (Å²) < 4.78 is 1.19. The molecule has 0 aliphatic rings. The fourth-order valence-electron chi connectivity index (χ4n) is 0.524. The van der Waals surface area contributed by atoms with E-state index in [0.717, 1.165) is 5.75 Å². The fraction of sp³-hybridized carbons (Fsp3) is 0.625. The molecule has 11 heavy (non-hydrogen) atoms. The highest BCUT2D eigenvalue weighted by atomic mass is 32.2. The minimum atomic E-state index is 1.12. The third-order valence-corrected chi connectivity index (χ3v) is 2.82. The molecule has 1 rings (SSSR count). The number of thioether (sulfide) groups is 1. The molecule has 1 heterocycles. The summed E-state index contributed by atoms with van der Waals surface area (Å²) in [5.41, 5.74) is 0. The zero-order valence-electron chi connectivity index (χ0n) is 7.55. The van der Waals surface area contributed by atoms with Crippen LogP contribution in [0.4, 0.5) is 0 Å². The Morgan fingerprint density at radius 1 is 1.55 bits per heavy atom. The largest absolute Gasteiger partial charge is 0.238 e. The van der Waals surface area contributed by atoms with Crippen molar-refractivity contribution in [2.75, 3.05) is 5.75 Å². The van der Waals surface area contributed by atoms with Gasteiger partial charge in [-0.1, -0.05) is 32.5 Å². The highest BCUT2D eigenvalue weighted by Gasteiger charge is 1.94. The van der Waals surface area contributed by atoms with Gasteiger partial charge in [0.1, 0.15) is 4.34 Å². The van der Waals surface area contributed by atoms with Gasteiger partial charge in [0.05, 0.1) is 0 Å². The number of thiazole rings is 1. The third kappa shape index (κ3) is 4.43. The average molecular weight is 189 g/mol. The monoisotopic (exact) mass is 189 g/mol. The second kappa shape index (κ2) is 6.68. The van der Waals surface area contributed by atoms with Crippen molar-refractivity contribution < 1.29 is 0 Å². The van der Waals surface area contributed by atoms with Crippen LogP contribution in [0.5, 0.6) is 0 Å². The van der Waals surface area contributed by atoms with Crippen molar-refractivity contribution in [1.82, 2.24) is 4.98 Å². The Balaban J connectivity index is 0.000000461. The van der Waals surface area contributed by atoms with Gasteiger partial charge in [0, 0.05) is 11.1 Å². The molecule has 1 aromatic rings.